The highest BCUT2D eigenvalue weighted by molar-refractivity contribution is 5.94. The Morgan fingerprint density at radius 2 is 1.80 bits per heavy atom. The second-order valence-corrected chi connectivity index (χ2v) is 9.88. The lowest BCUT2D eigenvalue weighted by Gasteiger charge is -2.40. The number of amides is 1. The Hall–Kier alpha value is -3.03. The Morgan fingerprint density at radius 3 is 2.54 bits per heavy atom. The number of benzene rings is 2. The number of hydrogen-bond acceptors (Lipinski definition) is 4. The largest absolute Gasteiger partial charge is 0.336 e. The van der Waals surface area contributed by atoms with Gasteiger partial charge in [-0.2, -0.15) is 5.10 Å². The van der Waals surface area contributed by atoms with E-state index in [9.17, 15) is 9.18 Å². The monoisotopic (exact) mass is 475 g/mol. The van der Waals surface area contributed by atoms with Gasteiger partial charge in [-0.1, -0.05) is 42.5 Å². The number of carbonyl (C=O) groups is 1. The van der Waals surface area contributed by atoms with Crippen molar-refractivity contribution < 1.29 is 9.18 Å². The first kappa shape index (κ1) is 23.7. The summed E-state index contributed by atoms with van der Waals surface area (Å²) in [5.74, 6) is -0.179. The first-order valence-electron chi connectivity index (χ1n) is 12.5. The predicted octanol–water partition coefficient (Wildman–Crippen LogP) is 3.51. The summed E-state index contributed by atoms with van der Waals surface area (Å²) >= 11 is 0. The van der Waals surface area contributed by atoms with Crippen LogP contribution in [0.5, 0.6) is 0 Å². The zero-order valence-electron chi connectivity index (χ0n) is 20.7. The molecular weight excluding hydrogens is 441 g/mol. The number of fused-ring (bicyclic) bond motifs is 1. The quantitative estimate of drug-likeness (QED) is 0.548. The van der Waals surface area contributed by atoms with Gasteiger partial charge in [0.15, 0.2) is 5.69 Å². The highest BCUT2D eigenvalue weighted by atomic mass is 19.1. The van der Waals surface area contributed by atoms with Gasteiger partial charge < -0.3 is 4.90 Å². The van der Waals surface area contributed by atoms with Crippen LogP contribution in [0.2, 0.25) is 0 Å². The molecule has 1 aliphatic carbocycles. The minimum atomic E-state index is -0.171. The lowest BCUT2D eigenvalue weighted by Crippen LogP contribution is -2.51. The van der Waals surface area contributed by atoms with Crippen LogP contribution in [-0.2, 0) is 33.0 Å². The summed E-state index contributed by atoms with van der Waals surface area (Å²) in [6, 6.07) is 17.4. The molecule has 0 saturated carbocycles. The van der Waals surface area contributed by atoms with Crippen LogP contribution in [0.4, 0.5) is 4.39 Å². The number of nitrogens with zero attached hydrogens (tertiary/aromatic N) is 5. The highest BCUT2D eigenvalue weighted by Gasteiger charge is 2.33. The molecule has 1 unspecified atom stereocenters. The van der Waals surface area contributed by atoms with E-state index >= 15 is 0 Å². The molecule has 2 aromatic carbocycles. The van der Waals surface area contributed by atoms with Crippen LogP contribution in [0.3, 0.4) is 0 Å². The first-order chi connectivity index (χ1) is 17.0. The van der Waals surface area contributed by atoms with Crippen LogP contribution in [-0.4, -0.2) is 69.7 Å². The molecule has 6 nitrogen and oxygen atoms in total. The summed E-state index contributed by atoms with van der Waals surface area (Å²) in [5, 5.41) is 4.67. The SMILES string of the molecule is CN(Cc1ccccc1)C(=O)c1nn(C)c2c1CC(N1CCN(Cc3cccc(F)c3)CC1)CC2. The van der Waals surface area contributed by atoms with Crippen molar-refractivity contribution in [1.82, 2.24) is 24.5 Å². The fourth-order valence-electron chi connectivity index (χ4n) is 5.54. The number of hydrogen-bond donors (Lipinski definition) is 0. The van der Waals surface area contributed by atoms with Crippen molar-refractivity contribution in [2.24, 2.45) is 7.05 Å². The summed E-state index contributed by atoms with van der Waals surface area (Å²) in [7, 11) is 3.81. The van der Waals surface area contributed by atoms with Crippen molar-refractivity contribution in [2.75, 3.05) is 33.2 Å². The normalized spacial score (nSPS) is 18.9. The van der Waals surface area contributed by atoms with Gasteiger partial charge in [-0.15, -0.1) is 0 Å². The molecule has 2 aliphatic rings. The molecule has 7 heteroatoms. The Labute approximate surface area is 206 Å². The maximum absolute atomic E-state index is 13.5. The Bertz CT molecular complexity index is 1170. The molecule has 5 rings (SSSR count). The van der Waals surface area contributed by atoms with Gasteiger partial charge in [-0.05, 0) is 42.5 Å². The molecule has 0 spiro atoms. The zero-order valence-corrected chi connectivity index (χ0v) is 20.7. The fourth-order valence-corrected chi connectivity index (χ4v) is 5.54. The number of halogens is 1. The van der Waals surface area contributed by atoms with E-state index in [0.29, 0.717) is 18.3 Å². The zero-order chi connectivity index (χ0) is 24.4. The van der Waals surface area contributed by atoms with E-state index in [1.54, 1.807) is 17.0 Å². The van der Waals surface area contributed by atoms with Crippen LogP contribution < -0.4 is 0 Å². The molecule has 1 saturated heterocycles. The molecule has 184 valence electrons. The van der Waals surface area contributed by atoms with Crippen molar-refractivity contribution in [2.45, 2.75) is 38.4 Å². The standard InChI is InChI=1S/C28H34FN5O/c1-31(19-21-7-4-3-5-8-21)28(35)27-25-18-24(11-12-26(25)32(2)30-27)34-15-13-33(14-16-34)20-22-9-6-10-23(29)17-22/h3-10,17,24H,11-16,18-20H2,1-2H3. The van der Waals surface area contributed by atoms with Gasteiger partial charge in [0.2, 0.25) is 0 Å². The van der Waals surface area contributed by atoms with Gasteiger partial charge >= 0.3 is 0 Å². The van der Waals surface area contributed by atoms with E-state index in [-0.39, 0.29) is 11.7 Å². The third kappa shape index (κ3) is 5.31. The van der Waals surface area contributed by atoms with Crippen molar-refractivity contribution in [3.05, 3.63) is 88.5 Å². The van der Waals surface area contributed by atoms with Gasteiger partial charge in [0.25, 0.3) is 5.91 Å². The maximum atomic E-state index is 13.5. The van der Waals surface area contributed by atoms with E-state index in [4.69, 9.17) is 0 Å². The molecule has 35 heavy (non-hydrogen) atoms. The molecule has 0 N–H and O–H groups in total. The Kier molecular flexibility index (Phi) is 6.97. The van der Waals surface area contributed by atoms with Crippen molar-refractivity contribution in [3.63, 3.8) is 0 Å². The lowest BCUT2D eigenvalue weighted by molar-refractivity contribution is 0.0770. The molecule has 2 heterocycles. The van der Waals surface area contributed by atoms with Gasteiger partial charge in [0.1, 0.15) is 5.82 Å². The second kappa shape index (κ2) is 10.3. The second-order valence-electron chi connectivity index (χ2n) is 9.88. The molecule has 0 bridgehead atoms. The van der Waals surface area contributed by atoms with E-state index in [2.05, 4.69) is 14.9 Å². The molecule has 3 aromatic rings. The molecule has 1 amide bonds. The molecule has 1 atom stereocenters. The van der Waals surface area contributed by atoms with Crippen LogP contribution in [0.15, 0.2) is 54.6 Å². The van der Waals surface area contributed by atoms with E-state index in [0.717, 1.165) is 68.7 Å². The molecule has 0 radical (unpaired) electrons. The van der Waals surface area contributed by atoms with E-state index in [1.807, 2.05) is 55.2 Å². The molecular formula is C28H34FN5O. The van der Waals surface area contributed by atoms with Crippen molar-refractivity contribution in [3.8, 4) is 0 Å². The molecule has 1 aromatic heterocycles. The first-order valence-corrected chi connectivity index (χ1v) is 12.5. The predicted molar refractivity (Wildman–Crippen MR) is 135 cm³/mol. The fraction of sp³-hybridized carbons (Fsp3) is 0.429. The van der Waals surface area contributed by atoms with Gasteiger partial charge in [-0.3, -0.25) is 19.3 Å². The third-order valence-corrected chi connectivity index (χ3v) is 7.46. The van der Waals surface area contributed by atoms with Crippen molar-refractivity contribution >= 4 is 5.91 Å². The van der Waals surface area contributed by atoms with Crippen LogP contribution >= 0.6 is 0 Å². The van der Waals surface area contributed by atoms with Gasteiger partial charge in [0, 0.05) is 70.7 Å². The van der Waals surface area contributed by atoms with Crippen LogP contribution in [0.1, 0.15) is 39.3 Å². The summed E-state index contributed by atoms with van der Waals surface area (Å²) < 4.78 is 15.4. The van der Waals surface area contributed by atoms with Crippen molar-refractivity contribution in [1.29, 1.82) is 0 Å². The highest BCUT2D eigenvalue weighted by Crippen LogP contribution is 2.28. The number of piperazine rings is 1. The van der Waals surface area contributed by atoms with Crippen LogP contribution in [0.25, 0.3) is 0 Å². The summed E-state index contributed by atoms with van der Waals surface area (Å²) in [5.41, 5.74) is 5.06. The number of rotatable bonds is 6. The summed E-state index contributed by atoms with van der Waals surface area (Å²) in [4.78, 5) is 20.1. The Balaban J connectivity index is 1.22. The molecule has 1 fully saturated rings. The maximum Gasteiger partial charge on any atom is 0.274 e. The average Bonchev–Trinajstić information content (AvgIpc) is 3.20. The lowest BCUT2D eigenvalue weighted by atomic mass is 9.89. The van der Waals surface area contributed by atoms with Gasteiger partial charge in [0.05, 0.1) is 0 Å². The third-order valence-electron chi connectivity index (χ3n) is 7.46. The number of aryl methyl sites for hydroxylation is 1. The van der Waals surface area contributed by atoms with E-state index in [1.165, 1.54) is 11.8 Å². The minimum absolute atomic E-state index is 0.00809. The number of aromatic nitrogens is 2. The smallest absolute Gasteiger partial charge is 0.274 e. The number of carbonyl (C=O) groups excluding carboxylic acids is 1. The average molecular weight is 476 g/mol. The molecule has 1 aliphatic heterocycles. The van der Waals surface area contributed by atoms with Crippen LogP contribution in [0, 0.1) is 5.82 Å². The van der Waals surface area contributed by atoms with E-state index < -0.39 is 0 Å². The minimum Gasteiger partial charge on any atom is -0.336 e. The van der Waals surface area contributed by atoms with Gasteiger partial charge in [-0.25, -0.2) is 4.39 Å². The summed E-state index contributed by atoms with van der Waals surface area (Å²) in [6.45, 7) is 5.29. The summed E-state index contributed by atoms with van der Waals surface area (Å²) in [6.07, 6.45) is 2.90. The Morgan fingerprint density at radius 1 is 1.06 bits per heavy atom. The topological polar surface area (TPSA) is 44.6 Å².